The first kappa shape index (κ1) is 15.7. The Kier molecular flexibility index (Phi) is 5.15. The van der Waals surface area contributed by atoms with E-state index >= 15 is 0 Å². The van der Waals surface area contributed by atoms with Crippen LogP contribution in [0.15, 0.2) is 54.6 Å². The van der Waals surface area contributed by atoms with Crippen molar-refractivity contribution in [3.8, 4) is 0 Å². The molecule has 2 aromatic carbocycles. The lowest BCUT2D eigenvalue weighted by atomic mass is 10.0. The Morgan fingerprint density at radius 3 is 2.29 bits per heavy atom. The van der Waals surface area contributed by atoms with E-state index in [1.165, 1.54) is 0 Å². The van der Waals surface area contributed by atoms with Gasteiger partial charge in [-0.1, -0.05) is 61.5 Å². The van der Waals surface area contributed by atoms with Gasteiger partial charge < -0.3 is 0 Å². The maximum atomic E-state index is 12.2. The fraction of sp³-hybridized carbons (Fsp3) is 0.294. The minimum atomic E-state index is -3.31. The predicted molar refractivity (Wildman–Crippen MR) is 86.7 cm³/mol. The molecule has 21 heavy (non-hydrogen) atoms. The Hall–Kier alpha value is -1.65. The van der Waals surface area contributed by atoms with E-state index in [-0.39, 0.29) is 11.7 Å². The van der Waals surface area contributed by atoms with Crippen LogP contribution in [-0.4, -0.2) is 15.0 Å². The third-order valence-corrected chi connectivity index (χ3v) is 4.88. The molecule has 2 rings (SSSR count). The molecular formula is C17H21NO2S. The minimum absolute atomic E-state index is 0.0290. The van der Waals surface area contributed by atoms with Gasteiger partial charge in [0.2, 0.25) is 10.0 Å². The zero-order valence-corrected chi connectivity index (χ0v) is 13.2. The molecule has 3 nitrogen and oxygen atoms in total. The Morgan fingerprint density at radius 2 is 1.62 bits per heavy atom. The second-order valence-corrected chi connectivity index (χ2v) is 7.15. The van der Waals surface area contributed by atoms with Crippen molar-refractivity contribution in [2.45, 2.75) is 25.5 Å². The molecule has 0 aliphatic carbocycles. The van der Waals surface area contributed by atoms with Crippen molar-refractivity contribution in [2.24, 2.45) is 0 Å². The highest BCUT2D eigenvalue weighted by atomic mass is 32.2. The topological polar surface area (TPSA) is 46.2 Å². The van der Waals surface area contributed by atoms with Crippen LogP contribution in [0.4, 0.5) is 0 Å². The number of nitrogens with one attached hydrogen (secondary N) is 1. The van der Waals surface area contributed by atoms with E-state index < -0.39 is 10.0 Å². The molecule has 112 valence electrons. The third kappa shape index (κ3) is 4.69. The van der Waals surface area contributed by atoms with Crippen LogP contribution in [0, 0.1) is 6.92 Å². The van der Waals surface area contributed by atoms with Crippen LogP contribution >= 0.6 is 0 Å². The first-order chi connectivity index (χ1) is 9.98. The van der Waals surface area contributed by atoms with Crippen LogP contribution in [0.5, 0.6) is 0 Å². The first-order valence-electron chi connectivity index (χ1n) is 7.05. The highest BCUT2D eigenvalue weighted by Gasteiger charge is 2.14. The molecule has 0 aliphatic rings. The van der Waals surface area contributed by atoms with E-state index in [0.29, 0.717) is 6.54 Å². The van der Waals surface area contributed by atoms with Crippen molar-refractivity contribution in [3.05, 3.63) is 71.3 Å². The number of benzene rings is 2. The summed E-state index contributed by atoms with van der Waals surface area (Å²) in [6.45, 7) is 4.36. The molecule has 2 aromatic rings. The summed E-state index contributed by atoms with van der Waals surface area (Å²) >= 11 is 0. The van der Waals surface area contributed by atoms with Crippen LogP contribution in [0.2, 0.25) is 0 Å². The smallest absolute Gasteiger partial charge is 0.214 e. The van der Waals surface area contributed by atoms with Crippen LogP contribution < -0.4 is 4.72 Å². The lowest BCUT2D eigenvalue weighted by molar-refractivity contribution is 0.574. The standard InChI is InChI=1S/C17H21NO2S/c1-14-8-6-7-11-17(14)13-21(19,20)18-12-15(2)16-9-4-3-5-10-16/h3-11,15,18H,12-13H2,1-2H3/t15-/m0/s1. The number of sulfonamides is 1. The number of hydrogen-bond donors (Lipinski definition) is 1. The van der Waals surface area contributed by atoms with Gasteiger partial charge in [0, 0.05) is 6.54 Å². The van der Waals surface area contributed by atoms with Crippen molar-refractivity contribution in [1.29, 1.82) is 0 Å². The molecule has 4 heteroatoms. The van der Waals surface area contributed by atoms with Crippen molar-refractivity contribution in [3.63, 3.8) is 0 Å². The first-order valence-corrected chi connectivity index (χ1v) is 8.70. The number of aryl methyl sites for hydroxylation is 1. The number of rotatable bonds is 6. The van der Waals surface area contributed by atoms with Gasteiger partial charge in [0.1, 0.15) is 0 Å². The van der Waals surface area contributed by atoms with Gasteiger partial charge >= 0.3 is 0 Å². The van der Waals surface area contributed by atoms with Gasteiger partial charge in [-0.15, -0.1) is 0 Å². The second kappa shape index (κ2) is 6.87. The third-order valence-electron chi connectivity index (χ3n) is 3.58. The van der Waals surface area contributed by atoms with Crippen molar-refractivity contribution in [2.75, 3.05) is 6.54 Å². The van der Waals surface area contributed by atoms with E-state index in [9.17, 15) is 8.42 Å². The van der Waals surface area contributed by atoms with Gasteiger partial charge in [0.05, 0.1) is 5.75 Å². The molecule has 1 atom stereocenters. The highest BCUT2D eigenvalue weighted by Crippen LogP contribution is 2.15. The SMILES string of the molecule is Cc1ccccc1CS(=O)(=O)NC[C@H](C)c1ccccc1. The molecule has 0 amide bonds. The van der Waals surface area contributed by atoms with Crippen LogP contribution in [0.1, 0.15) is 29.5 Å². The Morgan fingerprint density at radius 1 is 1.00 bits per heavy atom. The van der Waals surface area contributed by atoms with E-state index in [1.807, 2.05) is 68.4 Å². The minimum Gasteiger partial charge on any atom is -0.214 e. The molecule has 0 saturated carbocycles. The molecule has 0 spiro atoms. The predicted octanol–water partition coefficient (Wildman–Crippen LogP) is 3.22. The van der Waals surface area contributed by atoms with Crippen LogP contribution in [0.3, 0.4) is 0 Å². The average molecular weight is 303 g/mol. The van der Waals surface area contributed by atoms with E-state index in [4.69, 9.17) is 0 Å². The maximum Gasteiger partial charge on any atom is 0.215 e. The monoisotopic (exact) mass is 303 g/mol. The Bertz CT molecular complexity index is 681. The molecule has 0 fully saturated rings. The molecule has 1 N–H and O–H groups in total. The summed E-state index contributed by atoms with van der Waals surface area (Å²) < 4.78 is 27.1. The lowest BCUT2D eigenvalue weighted by Crippen LogP contribution is -2.29. The normalized spacial score (nSPS) is 13.0. The molecule has 0 heterocycles. The van der Waals surface area contributed by atoms with Gasteiger partial charge in [0.25, 0.3) is 0 Å². The maximum absolute atomic E-state index is 12.2. The Balaban J connectivity index is 1.97. The largest absolute Gasteiger partial charge is 0.215 e. The van der Waals surface area contributed by atoms with E-state index in [2.05, 4.69) is 4.72 Å². The summed E-state index contributed by atoms with van der Waals surface area (Å²) in [7, 11) is -3.31. The molecule has 0 bridgehead atoms. The summed E-state index contributed by atoms with van der Waals surface area (Å²) in [5.74, 6) is 0.180. The van der Waals surface area contributed by atoms with Crippen molar-refractivity contribution >= 4 is 10.0 Å². The molecule has 0 radical (unpaired) electrons. The highest BCUT2D eigenvalue weighted by molar-refractivity contribution is 7.88. The van der Waals surface area contributed by atoms with Gasteiger partial charge in [0.15, 0.2) is 0 Å². The van der Waals surface area contributed by atoms with Crippen LogP contribution in [-0.2, 0) is 15.8 Å². The van der Waals surface area contributed by atoms with Crippen molar-refractivity contribution < 1.29 is 8.42 Å². The Labute approximate surface area is 127 Å². The number of hydrogen-bond acceptors (Lipinski definition) is 2. The van der Waals surface area contributed by atoms with Crippen molar-refractivity contribution in [1.82, 2.24) is 4.72 Å². The average Bonchev–Trinajstić information content (AvgIpc) is 2.48. The van der Waals surface area contributed by atoms with Gasteiger partial charge in [-0.25, -0.2) is 13.1 Å². The van der Waals surface area contributed by atoms with Crippen LogP contribution in [0.25, 0.3) is 0 Å². The molecule has 0 aromatic heterocycles. The van der Waals surface area contributed by atoms with E-state index in [1.54, 1.807) is 0 Å². The van der Waals surface area contributed by atoms with Gasteiger partial charge in [-0.3, -0.25) is 0 Å². The zero-order chi connectivity index (χ0) is 15.3. The molecule has 0 unspecified atom stereocenters. The summed E-state index contributed by atoms with van der Waals surface area (Å²) in [5.41, 5.74) is 2.98. The molecule has 0 saturated heterocycles. The van der Waals surface area contributed by atoms with Gasteiger partial charge in [-0.05, 0) is 29.5 Å². The molecule has 0 aliphatic heterocycles. The lowest BCUT2D eigenvalue weighted by Gasteiger charge is -2.14. The summed E-state index contributed by atoms with van der Waals surface area (Å²) in [6.07, 6.45) is 0. The second-order valence-electron chi connectivity index (χ2n) is 5.35. The zero-order valence-electron chi connectivity index (χ0n) is 12.4. The summed E-state index contributed by atoms with van der Waals surface area (Å²) in [6, 6.07) is 17.5. The fourth-order valence-corrected chi connectivity index (χ4v) is 3.52. The van der Waals surface area contributed by atoms with E-state index in [0.717, 1.165) is 16.7 Å². The molecular weight excluding hydrogens is 282 g/mol. The quantitative estimate of drug-likeness (QED) is 0.890. The van der Waals surface area contributed by atoms with Gasteiger partial charge in [-0.2, -0.15) is 0 Å². The summed E-state index contributed by atoms with van der Waals surface area (Å²) in [5, 5.41) is 0. The summed E-state index contributed by atoms with van der Waals surface area (Å²) in [4.78, 5) is 0. The fourth-order valence-electron chi connectivity index (χ4n) is 2.18.